The van der Waals surface area contributed by atoms with E-state index >= 15 is 0 Å². The largest absolute Gasteiger partial charge is 0.486 e. The summed E-state index contributed by atoms with van der Waals surface area (Å²) in [4.78, 5) is 33.4. The van der Waals surface area contributed by atoms with Crippen LogP contribution in [-0.2, 0) is 27.9 Å². The number of amides is 1. The van der Waals surface area contributed by atoms with Crippen LogP contribution in [0.3, 0.4) is 0 Å². The number of nitrogens with two attached hydrogens (primary N) is 1. The summed E-state index contributed by atoms with van der Waals surface area (Å²) in [6.07, 6.45) is 1.52. The van der Waals surface area contributed by atoms with Gasteiger partial charge < -0.3 is 25.1 Å². The van der Waals surface area contributed by atoms with Crippen LogP contribution in [-0.4, -0.2) is 42.1 Å². The Morgan fingerprint density at radius 3 is 2.63 bits per heavy atom. The molecular weight excluding hydrogens is 476 g/mol. The Morgan fingerprint density at radius 2 is 1.89 bits per heavy atom. The van der Waals surface area contributed by atoms with E-state index in [2.05, 4.69) is 20.0 Å². The Morgan fingerprint density at radius 1 is 1.14 bits per heavy atom. The summed E-state index contributed by atoms with van der Waals surface area (Å²) in [7, 11) is -4.11. The first-order valence-electron chi connectivity index (χ1n) is 10.6. The van der Waals surface area contributed by atoms with Gasteiger partial charge in [0.1, 0.15) is 25.4 Å². The molecule has 4 N–H and O–H groups in total. The third kappa shape index (κ3) is 5.35. The summed E-state index contributed by atoms with van der Waals surface area (Å²) in [5.41, 5.74) is 6.47. The number of ether oxygens (including phenoxy) is 2. The molecule has 1 aliphatic rings. The Kier molecular flexibility index (Phi) is 6.60. The number of anilines is 2. The lowest BCUT2D eigenvalue weighted by molar-refractivity contribution is -0.121. The molecule has 2 aromatic heterocycles. The predicted molar refractivity (Wildman–Crippen MR) is 127 cm³/mol. The molecule has 0 fully saturated rings. The number of aromatic nitrogens is 3. The van der Waals surface area contributed by atoms with Gasteiger partial charge in [-0.2, -0.15) is 0 Å². The van der Waals surface area contributed by atoms with Crippen LogP contribution in [0.4, 0.5) is 11.6 Å². The van der Waals surface area contributed by atoms with Gasteiger partial charge in [-0.15, -0.1) is 0 Å². The molecule has 4 rings (SSSR count). The Balaban J connectivity index is 1.50. The highest BCUT2D eigenvalue weighted by Crippen LogP contribution is 2.32. The van der Waals surface area contributed by atoms with Crippen molar-refractivity contribution in [2.75, 3.05) is 23.7 Å². The first-order valence-corrected chi connectivity index (χ1v) is 12.1. The molecule has 0 atom stereocenters. The summed E-state index contributed by atoms with van der Waals surface area (Å²) in [6.45, 7) is 3.91. The molecule has 0 saturated heterocycles. The molecule has 1 amide bonds. The van der Waals surface area contributed by atoms with Crippen molar-refractivity contribution >= 4 is 27.6 Å². The number of pyridine rings is 1. The maximum atomic E-state index is 13.0. The second-order valence-electron chi connectivity index (χ2n) is 7.81. The topological polar surface area (TPSA) is 168 Å². The van der Waals surface area contributed by atoms with E-state index in [1.54, 1.807) is 19.9 Å². The number of carbonyl (C=O) groups excluding carboxylic acids is 1. The van der Waals surface area contributed by atoms with Crippen molar-refractivity contribution in [3.63, 3.8) is 0 Å². The fourth-order valence-electron chi connectivity index (χ4n) is 3.42. The summed E-state index contributed by atoms with van der Waals surface area (Å²) >= 11 is 0. The van der Waals surface area contributed by atoms with Crippen LogP contribution in [0, 0.1) is 13.8 Å². The predicted octanol–water partition coefficient (Wildman–Crippen LogP) is 0.726. The van der Waals surface area contributed by atoms with Gasteiger partial charge in [-0.25, -0.2) is 18.4 Å². The molecule has 1 aliphatic heterocycles. The number of sulfonamides is 1. The molecule has 0 bridgehead atoms. The number of rotatable bonds is 7. The molecule has 1 aromatic carbocycles. The number of hydrogen-bond donors (Lipinski definition) is 3. The zero-order valence-corrected chi connectivity index (χ0v) is 19.9. The van der Waals surface area contributed by atoms with Crippen LogP contribution in [0.25, 0.3) is 0 Å². The molecular formula is C22H24N6O6S. The van der Waals surface area contributed by atoms with E-state index in [0.29, 0.717) is 41.7 Å². The van der Waals surface area contributed by atoms with Gasteiger partial charge in [0.15, 0.2) is 11.5 Å². The summed E-state index contributed by atoms with van der Waals surface area (Å²) < 4.78 is 40.2. The van der Waals surface area contributed by atoms with Crippen molar-refractivity contribution in [3.05, 3.63) is 63.8 Å². The van der Waals surface area contributed by atoms with Gasteiger partial charge in [0, 0.05) is 35.8 Å². The number of fused-ring (bicyclic) bond motifs is 1. The normalized spacial score (nSPS) is 12.7. The van der Waals surface area contributed by atoms with Crippen molar-refractivity contribution in [1.29, 1.82) is 0 Å². The average Bonchev–Trinajstić information content (AvgIpc) is 2.82. The molecule has 0 spiro atoms. The first-order chi connectivity index (χ1) is 16.6. The van der Waals surface area contributed by atoms with Gasteiger partial charge in [-0.1, -0.05) is 0 Å². The molecule has 13 heteroatoms. The first kappa shape index (κ1) is 24.0. The fourth-order valence-corrected chi connectivity index (χ4v) is 4.49. The Bertz CT molecular complexity index is 1450. The second kappa shape index (κ2) is 9.62. The monoisotopic (exact) mass is 500 g/mol. The van der Waals surface area contributed by atoms with E-state index in [1.165, 1.54) is 35.0 Å². The smallest absolute Gasteiger partial charge is 0.275 e. The van der Waals surface area contributed by atoms with Crippen LogP contribution in [0.2, 0.25) is 0 Å². The zero-order valence-electron chi connectivity index (χ0n) is 19.1. The average molecular weight is 501 g/mol. The standard InChI is InChI=1S/C22H24N6O6S/c1-13-3-5-17(27-35(31,32)16-4-6-18-19(9-16)34-8-7-33-18)21(30)28(13)12-20(29)24-10-15-11-25-22(23)26-14(15)2/h3-6,9,11,27H,7-8,10,12H2,1-2H3,(H,24,29)(H2,23,25,26). The minimum absolute atomic E-state index is 0.0906. The number of hydrogen-bond acceptors (Lipinski definition) is 9. The van der Waals surface area contributed by atoms with Gasteiger partial charge in [-0.3, -0.25) is 14.3 Å². The van der Waals surface area contributed by atoms with E-state index in [0.717, 1.165) is 0 Å². The molecule has 184 valence electrons. The van der Waals surface area contributed by atoms with E-state index in [9.17, 15) is 18.0 Å². The highest BCUT2D eigenvalue weighted by molar-refractivity contribution is 7.92. The Labute approximate surface area is 201 Å². The Hall–Kier alpha value is -4.13. The molecule has 35 heavy (non-hydrogen) atoms. The van der Waals surface area contributed by atoms with Crippen molar-refractivity contribution in [2.45, 2.75) is 31.8 Å². The van der Waals surface area contributed by atoms with E-state index in [-0.39, 0.29) is 29.6 Å². The van der Waals surface area contributed by atoms with Crippen molar-refractivity contribution < 1.29 is 22.7 Å². The van der Waals surface area contributed by atoms with Gasteiger partial charge in [-0.05, 0) is 38.1 Å². The van der Waals surface area contributed by atoms with E-state index in [1.807, 2.05) is 0 Å². The molecule has 0 unspecified atom stereocenters. The zero-order chi connectivity index (χ0) is 25.2. The van der Waals surface area contributed by atoms with E-state index < -0.39 is 21.5 Å². The van der Waals surface area contributed by atoms with Crippen LogP contribution >= 0.6 is 0 Å². The molecule has 3 aromatic rings. The second-order valence-corrected chi connectivity index (χ2v) is 9.49. The fraction of sp³-hybridized carbons (Fsp3) is 0.273. The van der Waals surface area contributed by atoms with Gasteiger partial charge in [0.25, 0.3) is 15.6 Å². The van der Waals surface area contributed by atoms with Crippen LogP contribution in [0.15, 0.2) is 46.2 Å². The lowest BCUT2D eigenvalue weighted by Crippen LogP contribution is -2.34. The van der Waals surface area contributed by atoms with Crippen molar-refractivity contribution in [1.82, 2.24) is 19.9 Å². The quantitative estimate of drug-likeness (QED) is 0.423. The number of nitrogens with zero attached hydrogens (tertiary/aromatic N) is 3. The summed E-state index contributed by atoms with van der Waals surface area (Å²) in [5, 5.41) is 2.70. The summed E-state index contributed by atoms with van der Waals surface area (Å²) in [5.74, 6) is 0.437. The molecule has 0 aliphatic carbocycles. The minimum atomic E-state index is -4.11. The maximum absolute atomic E-state index is 13.0. The van der Waals surface area contributed by atoms with Crippen LogP contribution in [0.1, 0.15) is 17.0 Å². The maximum Gasteiger partial charge on any atom is 0.275 e. The number of carbonyl (C=O) groups is 1. The lowest BCUT2D eigenvalue weighted by Gasteiger charge is -2.19. The van der Waals surface area contributed by atoms with Crippen molar-refractivity contribution in [2.24, 2.45) is 0 Å². The lowest BCUT2D eigenvalue weighted by atomic mass is 10.2. The van der Waals surface area contributed by atoms with Gasteiger partial charge in [0.05, 0.1) is 4.90 Å². The van der Waals surface area contributed by atoms with Gasteiger partial charge >= 0.3 is 0 Å². The molecule has 12 nitrogen and oxygen atoms in total. The third-order valence-electron chi connectivity index (χ3n) is 5.34. The SMILES string of the molecule is Cc1nc(N)ncc1CNC(=O)Cn1c(C)ccc(NS(=O)(=O)c2ccc3c(c2)OCCO3)c1=O. The number of aryl methyl sites for hydroxylation is 2. The van der Waals surface area contributed by atoms with Crippen molar-refractivity contribution in [3.8, 4) is 11.5 Å². The van der Waals surface area contributed by atoms with Crippen LogP contribution < -0.4 is 30.8 Å². The number of benzene rings is 1. The van der Waals surface area contributed by atoms with Crippen LogP contribution in [0.5, 0.6) is 11.5 Å². The highest BCUT2D eigenvalue weighted by atomic mass is 32.2. The van der Waals surface area contributed by atoms with Gasteiger partial charge in [0.2, 0.25) is 11.9 Å². The van der Waals surface area contributed by atoms with E-state index in [4.69, 9.17) is 15.2 Å². The summed E-state index contributed by atoms with van der Waals surface area (Å²) in [6, 6.07) is 7.10. The number of nitrogen functional groups attached to an aromatic ring is 1. The molecule has 0 radical (unpaired) electrons. The highest BCUT2D eigenvalue weighted by Gasteiger charge is 2.21. The minimum Gasteiger partial charge on any atom is -0.486 e. The third-order valence-corrected chi connectivity index (χ3v) is 6.70. The number of nitrogens with one attached hydrogen (secondary N) is 2. The molecule has 0 saturated carbocycles. The molecule has 3 heterocycles.